The summed E-state index contributed by atoms with van der Waals surface area (Å²) in [7, 11) is 0. The van der Waals surface area contributed by atoms with E-state index >= 15 is 0 Å². The van der Waals surface area contributed by atoms with Crippen molar-refractivity contribution in [2.75, 3.05) is 6.61 Å². The molecule has 5 heteroatoms. The summed E-state index contributed by atoms with van der Waals surface area (Å²) in [5, 5.41) is 10.4. The molecular weight excluding hydrogens is 282 g/mol. The Kier molecular flexibility index (Phi) is 3.81. The second-order valence-electron chi connectivity index (χ2n) is 5.98. The van der Waals surface area contributed by atoms with E-state index in [-0.39, 0.29) is 23.7 Å². The van der Waals surface area contributed by atoms with Gasteiger partial charge in [-0.1, -0.05) is 25.7 Å². The average molecular weight is 303 g/mol. The first kappa shape index (κ1) is 14.9. The third-order valence-electron chi connectivity index (χ3n) is 4.75. The van der Waals surface area contributed by atoms with E-state index < -0.39 is 11.5 Å². The Morgan fingerprint density at radius 1 is 1.32 bits per heavy atom. The van der Waals surface area contributed by atoms with Crippen molar-refractivity contribution < 1.29 is 19.4 Å². The number of ether oxygens (including phenoxy) is 1. The summed E-state index contributed by atoms with van der Waals surface area (Å²) in [6.07, 6.45) is 7.30. The molecule has 1 aliphatic carbocycles. The van der Waals surface area contributed by atoms with Crippen molar-refractivity contribution in [2.45, 2.75) is 51.0 Å². The maximum Gasteiger partial charge on any atom is 0.345 e. The van der Waals surface area contributed by atoms with Gasteiger partial charge in [0.25, 0.3) is 0 Å². The molecule has 0 unspecified atom stereocenters. The molecule has 0 atom stereocenters. The van der Waals surface area contributed by atoms with Gasteiger partial charge >= 0.3 is 5.97 Å². The minimum absolute atomic E-state index is 0.177. The summed E-state index contributed by atoms with van der Waals surface area (Å²) in [5.41, 5.74) is -0.400. The van der Waals surface area contributed by atoms with Crippen LogP contribution in [0.2, 0.25) is 0 Å². The number of nitrogens with zero attached hydrogens (tertiary/aromatic N) is 1. The Morgan fingerprint density at radius 3 is 2.64 bits per heavy atom. The summed E-state index contributed by atoms with van der Waals surface area (Å²) in [4.78, 5) is 25.3. The number of aliphatic hydroxyl groups is 1. The lowest BCUT2D eigenvalue weighted by molar-refractivity contribution is -0.141. The van der Waals surface area contributed by atoms with Gasteiger partial charge in [0.2, 0.25) is 0 Å². The van der Waals surface area contributed by atoms with E-state index in [1.54, 1.807) is 19.1 Å². The predicted molar refractivity (Wildman–Crippen MR) is 81.3 cm³/mol. The Balaban J connectivity index is 2.15. The van der Waals surface area contributed by atoms with E-state index in [1.807, 2.05) is 10.8 Å². The van der Waals surface area contributed by atoms with E-state index in [9.17, 15) is 14.7 Å². The lowest BCUT2D eigenvalue weighted by Gasteiger charge is -2.38. The average Bonchev–Trinajstić information content (AvgIpc) is 2.86. The number of esters is 1. The highest BCUT2D eigenvalue weighted by molar-refractivity contribution is 6.25. The van der Waals surface area contributed by atoms with Gasteiger partial charge in [-0.25, -0.2) is 4.79 Å². The van der Waals surface area contributed by atoms with Crippen molar-refractivity contribution in [1.82, 2.24) is 4.57 Å². The Bertz CT molecular complexity index is 633. The molecule has 0 radical (unpaired) electrons. The number of Topliss-reactive ketones (excluding diaryl/α,β-unsaturated/α-hetero) is 1. The first-order chi connectivity index (χ1) is 10.6. The first-order valence-corrected chi connectivity index (χ1v) is 7.95. The molecule has 1 fully saturated rings. The van der Waals surface area contributed by atoms with Crippen LogP contribution in [0, 0.1) is 0 Å². The molecule has 2 heterocycles. The van der Waals surface area contributed by atoms with Crippen molar-refractivity contribution in [3.05, 3.63) is 29.6 Å². The molecular formula is C17H21NO4. The van der Waals surface area contributed by atoms with Gasteiger partial charge in [0.15, 0.2) is 11.5 Å². The van der Waals surface area contributed by atoms with Gasteiger partial charge in [-0.2, -0.15) is 0 Å². The maximum atomic E-state index is 13.1. The molecule has 1 aliphatic heterocycles. The zero-order valence-corrected chi connectivity index (χ0v) is 12.8. The monoisotopic (exact) mass is 303 g/mol. The van der Waals surface area contributed by atoms with Gasteiger partial charge < -0.3 is 14.4 Å². The lowest BCUT2D eigenvalue weighted by atomic mass is 9.79. The minimum atomic E-state index is -0.746. The predicted octanol–water partition coefficient (Wildman–Crippen LogP) is 2.95. The SMILES string of the molecule is CCOC(=O)C1=C(O)c2cccn2C2(CCCCCC2)C1=O. The summed E-state index contributed by atoms with van der Waals surface area (Å²) in [6, 6.07) is 3.55. The van der Waals surface area contributed by atoms with Crippen LogP contribution in [0.4, 0.5) is 0 Å². The second-order valence-corrected chi connectivity index (χ2v) is 5.98. The highest BCUT2D eigenvalue weighted by Gasteiger charge is 2.49. The fraction of sp³-hybridized carbons (Fsp3) is 0.529. The van der Waals surface area contributed by atoms with Crippen LogP contribution in [0.25, 0.3) is 5.76 Å². The molecule has 2 aliphatic rings. The van der Waals surface area contributed by atoms with Gasteiger partial charge in [-0.3, -0.25) is 4.79 Å². The molecule has 22 heavy (non-hydrogen) atoms. The number of ketones is 1. The van der Waals surface area contributed by atoms with Crippen LogP contribution in [-0.2, 0) is 19.9 Å². The number of carbonyl (C=O) groups excluding carboxylic acids is 2. The van der Waals surface area contributed by atoms with E-state index in [2.05, 4.69) is 0 Å². The Morgan fingerprint density at radius 2 is 2.00 bits per heavy atom. The van der Waals surface area contributed by atoms with Crippen molar-refractivity contribution >= 4 is 17.5 Å². The van der Waals surface area contributed by atoms with Crippen LogP contribution in [-0.4, -0.2) is 28.0 Å². The summed E-state index contributed by atoms with van der Waals surface area (Å²) >= 11 is 0. The highest BCUT2D eigenvalue weighted by Crippen LogP contribution is 2.43. The van der Waals surface area contributed by atoms with E-state index in [1.165, 1.54) is 0 Å². The number of hydrogen-bond acceptors (Lipinski definition) is 4. The van der Waals surface area contributed by atoms with Gasteiger partial charge in [-0.05, 0) is 31.9 Å². The van der Waals surface area contributed by atoms with E-state index in [4.69, 9.17) is 4.74 Å². The highest BCUT2D eigenvalue weighted by atomic mass is 16.5. The van der Waals surface area contributed by atoms with Crippen LogP contribution in [0.1, 0.15) is 51.1 Å². The fourth-order valence-electron chi connectivity index (χ4n) is 3.70. The minimum Gasteiger partial charge on any atom is -0.505 e. The molecule has 1 saturated carbocycles. The third-order valence-corrected chi connectivity index (χ3v) is 4.75. The summed E-state index contributed by atoms with van der Waals surface area (Å²) < 4.78 is 6.85. The van der Waals surface area contributed by atoms with Gasteiger partial charge in [-0.15, -0.1) is 0 Å². The van der Waals surface area contributed by atoms with Crippen LogP contribution < -0.4 is 0 Å². The molecule has 1 spiro atoms. The standard InChI is InChI=1S/C17H21NO4/c1-2-22-16(21)13-14(19)12-8-7-11-18(12)17(15(13)20)9-5-3-4-6-10-17/h7-8,11,19H,2-6,9-10H2,1H3. The number of fused-ring (bicyclic) bond motifs is 2. The van der Waals surface area contributed by atoms with Crippen LogP contribution in [0.3, 0.4) is 0 Å². The smallest absolute Gasteiger partial charge is 0.345 e. The molecule has 1 N–H and O–H groups in total. The summed E-state index contributed by atoms with van der Waals surface area (Å²) in [6.45, 7) is 1.86. The van der Waals surface area contributed by atoms with Crippen molar-refractivity contribution in [3.63, 3.8) is 0 Å². The number of aliphatic hydroxyl groups excluding tert-OH is 1. The van der Waals surface area contributed by atoms with Gasteiger partial charge in [0, 0.05) is 6.20 Å². The fourth-order valence-corrected chi connectivity index (χ4v) is 3.70. The van der Waals surface area contributed by atoms with Gasteiger partial charge in [0.05, 0.1) is 12.3 Å². The van der Waals surface area contributed by atoms with E-state index in [0.29, 0.717) is 18.5 Å². The molecule has 1 aromatic heterocycles. The molecule has 0 saturated heterocycles. The third kappa shape index (κ3) is 2.07. The summed E-state index contributed by atoms with van der Waals surface area (Å²) in [5.74, 6) is -1.28. The quantitative estimate of drug-likeness (QED) is 0.673. The second kappa shape index (κ2) is 5.63. The molecule has 118 valence electrons. The molecule has 5 nitrogen and oxygen atoms in total. The Labute approximate surface area is 129 Å². The maximum absolute atomic E-state index is 13.1. The number of rotatable bonds is 2. The van der Waals surface area contributed by atoms with Crippen molar-refractivity contribution in [3.8, 4) is 0 Å². The van der Waals surface area contributed by atoms with Crippen LogP contribution >= 0.6 is 0 Å². The Hall–Kier alpha value is -2.04. The van der Waals surface area contributed by atoms with Crippen LogP contribution in [0.5, 0.6) is 0 Å². The van der Waals surface area contributed by atoms with E-state index in [0.717, 1.165) is 25.7 Å². The molecule has 1 aromatic rings. The molecule has 0 bridgehead atoms. The van der Waals surface area contributed by atoms with Crippen molar-refractivity contribution in [2.24, 2.45) is 0 Å². The zero-order chi connectivity index (χ0) is 15.7. The van der Waals surface area contributed by atoms with Crippen molar-refractivity contribution in [1.29, 1.82) is 0 Å². The molecule has 0 amide bonds. The largest absolute Gasteiger partial charge is 0.505 e. The van der Waals surface area contributed by atoms with Crippen LogP contribution in [0.15, 0.2) is 23.9 Å². The van der Waals surface area contributed by atoms with Gasteiger partial charge in [0.1, 0.15) is 11.1 Å². The number of carbonyl (C=O) groups is 2. The lowest BCUT2D eigenvalue weighted by Crippen LogP contribution is -2.47. The zero-order valence-electron chi connectivity index (χ0n) is 12.8. The number of hydrogen-bond donors (Lipinski definition) is 1. The molecule has 3 rings (SSSR count). The normalized spacial score (nSPS) is 20.7. The molecule has 0 aromatic carbocycles. The first-order valence-electron chi connectivity index (χ1n) is 7.95. The topological polar surface area (TPSA) is 68.5 Å². The number of aromatic nitrogens is 1.